The first-order chi connectivity index (χ1) is 13.7. The first-order valence-corrected chi connectivity index (χ1v) is 10.4. The molecule has 1 unspecified atom stereocenters. The summed E-state index contributed by atoms with van der Waals surface area (Å²) in [6.45, 7) is 10.9. The van der Waals surface area contributed by atoms with Crippen molar-refractivity contribution in [3.05, 3.63) is 47.5 Å². The summed E-state index contributed by atoms with van der Waals surface area (Å²) in [6.07, 6.45) is 2.94. The molecule has 0 heterocycles. The van der Waals surface area contributed by atoms with E-state index in [2.05, 4.69) is 25.7 Å². The lowest BCUT2D eigenvalue weighted by atomic mass is 9.99. The summed E-state index contributed by atoms with van der Waals surface area (Å²) >= 11 is 0. The molecule has 4 heteroatoms. The van der Waals surface area contributed by atoms with Gasteiger partial charge >= 0.3 is 0 Å². The largest absolute Gasteiger partial charge is 0.493 e. The Balaban J connectivity index is 1.88. The van der Waals surface area contributed by atoms with Crippen LogP contribution in [0, 0.1) is 0 Å². The number of carbonyl (C=O) groups excluding carboxylic acids is 1. The lowest BCUT2D eigenvalue weighted by Crippen LogP contribution is -2.25. The molecule has 0 saturated heterocycles. The fraction of sp³-hybridized carbons (Fsp3) is 0.458. The molecule has 1 aliphatic carbocycles. The number of fused-ring (bicyclic) bond motifs is 3. The Labute approximate surface area is 168 Å². The number of ether oxygens (including phenoxy) is 2. The Morgan fingerprint density at radius 2 is 1.46 bits per heavy atom. The zero-order valence-electron chi connectivity index (χ0n) is 17.2. The van der Waals surface area contributed by atoms with Gasteiger partial charge in [-0.2, -0.15) is 0 Å². The average Bonchev–Trinajstić information content (AvgIpc) is 3.07. The Bertz CT molecular complexity index is 798. The second-order valence-electron chi connectivity index (χ2n) is 7.13. The van der Waals surface area contributed by atoms with E-state index < -0.39 is 0 Å². The quantitative estimate of drug-likeness (QED) is 0.410. The summed E-state index contributed by atoms with van der Waals surface area (Å²) in [5.41, 5.74) is 4.06. The van der Waals surface area contributed by atoms with Crippen molar-refractivity contribution in [2.75, 3.05) is 32.8 Å². The predicted octanol–water partition coefficient (Wildman–Crippen LogP) is 4.90. The van der Waals surface area contributed by atoms with E-state index >= 15 is 0 Å². The minimum atomic E-state index is -0.255. The number of nitrogens with zero attached hydrogens (tertiary/aromatic N) is 1. The summed E-state index contributed by atoms with van der Waals surface area (Å²) in [7, 11) is 0. The van der Waals surface area contributed by atoms with Crippen molar-refractivity contribution in [3.63, 3.8) is 0 Å². The van der Waals surface area contributed by atoms with E-state index in [9.17, 15) is 4.79 Å². The maximum Gasteiger partial charge on any atom is 0.131 e. The summed E-state index contributed by atoms with van der Waals surface area (Å²) in [5.74, 6) is 1.42. The number of benzene rings is 2. The molecule has 0 radical (unpaired) electrons. The monoisotopic (exact) mass is 381 g/mol. The molecule has 28 heavy (non-hydrogen) atoms. The van der Waals surface area contributed by atoms with Crippen molar-refractivity contribution in [2.24, 2.45) is 0 Å². The van der Waals surface area contributed by atoms with Gasteiger partial charge in [-0.15, -0.1) is 0 Å². The summed E-state index contributed by atoms with van der Waals surface area (Å²) in [4.78, 5) is 14.3. The van der Waals surface area contributed by atoms with Gasteiger partial charge in [-0.1, -0.05) is 45.0 Å². The second-order valence-corrected chi connectivity index (χ2v) is 7.13. The minimum Gasteiger partial charge on any atom is -0.493 e. The van der Waals surface area contributed by atoms with Crippen LogP contribution in [-0.4, -0.2) is 44.0 Å². The molecule has 1 atom stereocenters. The van der Waals surface area contributed by atoms with Gasteiger partial charge < -0.3 is 19.2 Å². The minimum absolute atomic E-state index is 0.255. The Hall–Kier alpha value is -2.33. The molecular weight excluding hydrogens is 350 g/mol. The number of rotatable bonds is 11. The van der Waals surface area contributed by atoms with Gasteiger partial charge in [0.15, 0.2) is 0 Å². The normalized spacial score (nSPS) is 14.6. The number of hydrogen-bond acceptors (Lipinski definition) is 4. The predicted molar refractivity (Wildman–Crippen MR) is 113 cm³/mol. The zero-order chi connectivity index (χ0) is 19.9. The maximum atomic E-state index is 11.9. The molecular formula is C24H31NO3. The third-order valence-corrected chi connectivity index (χ3v) is 5.41. The molecule has 2 aromatic rings. The molecule has 0 spiro atoms. The van der Waals surface area contributed by atoms with Gasteiger partial charge in [0.05, 0.1) is 19.1 Å². The molecule has 0 aliphatic heterocycles. The summed E-state index contributed by atoms with van der Waals surface area (Å²) in [5, 5.41) is 0. The second kappa shape index (κ2) is 9.74. The van der Waals surface area contributed by atoms with Crippen molar-refractivity contribution in [3.8, 4) is 22.6 Å². The maximum absolute atomic E-state index is 11.9. The number of hydrogen-bond donors (Lipinski definition) is 0. The molecule has 3 rings (SSSR count). The Morgan fingerprint density at radius 1 is 0.893 bits per heavy atom. The highest BCUT2D eigenvalue weighted by atomic mass is 16.5. The van der Waals surface area contributed by atoms with Gasteiger partial charge in [0.25, 0.3) is 0 Å². The van der Waals surface area contributed by atoms with Gasteiger partial charge in [-0.05, 0) is 49.2 Å². The van der Waals surface area contributed by atoms with Crippen LogP contribution < -0.4 is 9.47 Å². The van der Waals surface area contributed by atoms with Crippen molar-refractivity contribution < 1.29 is 14.3 Å². The first kappa shape index (κ1) is 20.4. The van der Waals surface area contributed by atoms with Crippen LogP contribution in [0.15, 0.2) is 36.4 Å². The van der Waals surface area contributed by atoms with E-state index in [0.29, 0.717) is 13.2 Å². The van der Waals surface area contributed by atoms with E-state index in [4.69, 9.17) is 9.47 Å². The standard InChI is InChI=1S/C24H31NO3/c1-4-15-27-21-12-7-10-18-20(17-26)19-11-8-13-22(24(19)23(18)21)28-16-9-14-25(5-2)6-3/h7-8,10-13,17,20H,4-6,9,14-16H2,1-3H3. The van der Waals surface area contributed by atoms with Crippen LogP contribution in [0.1, 0.15) is 50.7 Å². The summed E-state index contributed by atoms with van der Waals surface area (Å²) < 4.78 is 12.2. The van der Waals surface area contributed by atoms with E-state index in [1.165, 1.54) is 0 Å². The van der Waals surface area contributed by atoms with Crippen molar-refractivity contribution in [1.29, 1.82) is 0 Å². The fourth-order valence-electron chi connectivity index (χ4n) is 3.93. The van der Waals surface area contributed by atoms with Gasteiger partial charge in [-0.3, -0.25) is 0 Å². The van der Waals surface area contributed by atoms with E-state index in [0.717, 1.165) is 72.5 Å². The Kier molecular flexibility index (Phi) is 7.10. The topological polar surface area (TPSA) is 38.8 Å². The van der Waals surface area contributed by atoms with Gasteiger partial charge in [0.1, 0.15) is 17.8 Å². The SMILES string of the molecule is CCCOc1cccc2c1-c1c(OCCCN(CC)CC)cccc1C2C=O. The van der Waals surface area contributed by atoms with Crippen LogP contribution in [0.25, 0.3) is 11.1 Å². The molecule has 0 aromatic heterocycles. The Morgan fingerprint density at radius 3 is 1.96 bits per heavy atom. The molecule has 0 bridgehead atoms. The number of carbonyl (C=O) groups is 1. The van der Waals surface area contributed by atoms with E-state index in [1.807, 2.05) is 36.4 Å². The molecule has 4 nitrogen and oxygen atoms in total. The number of aldehydes is 1. The lowest BCUT2D eigenvalue weighted by molar-refractivity contribution is -0.108. The molecule has 2 aromatic carbocycles. The van der Waals surface area contributed by atoms with Crippen molar-refractivity contribution in [2.45, 2.75) is 39.5 Å². The van der Waals surface area contributed by atoms with E-state index in [-0.39, 0.29) is 5.92 Å². The van der Waals surface area contributed by atoms with Gasteiger partial charge in [-0.25, -0.2) is 0 Å². The lowest BCUT2D eigenvalue weighted by Gasteiger charge is -2.18. The van der Waals surface area contributed by atoms with Gasteiger partial charge in [0.2, 0.25) is 0 Å². The van der Waals surface area contributed by atoms with Crippen molar-refractivity contribution in [1.82, 2.24) is 4.90 Å². The van der Waals surface area contributed by atoms with Crippen molar-refractivity contribution >= 4 is 6.29 Å². The molecule has 0 fully saturated rings. The molecule has 0 N–H and O–H groups in total. The fourth-order valence-corrected chi connectivity index (χ4v) is 3.93. The highest BCUT2D eigenvalue weighted by Crippen LogP contribution is 2.52. The summed E-state index contributed by atoms with van der Waals surface area (Å²) in [6, 6.07) is 12.0. The smallest absolute Gasteiger partial charge is 0.131 e. The van der Waals surface area contributed by atoms with Crippen LogP contribution in [-0.2, 0) is 4.79 Å². The van der Waals surface area contributed by atoms with Crippen LogP contribution in [0.2, 0.25) is 0 Å². The first-order valence-electron chi connectivity index (χ1n) is 10.4. The highest BCUT2D eigenvalue weighted by Gasteiger charge is 2.33. The average molecular weight is 382 g/mol. The zero-order valence-corrected chi connectivity index (χ0v) is 17.2. The van der Waals surface area contributed by atoms with Crippen LogP contribution in [0.5, 0.6) is 11.5 Å². The molecule has 0 amide bonds. The van der Waals surface area contributed by atoms with E-state index in [1.54, 1.807) is 0 Å². The van der Waals surface area contributed by atoms with Crippen LogP contribution in [0.3, 0.4) is 0 Å². The molecule has 0 saturated carbocycles. The van der Waals surface area contributed by atoms with Crippen LogP contribution >= 0.6 is 0 Å². The third-order valence-electron chi connectivity index (χ3n) is 5.41. The van der Waals surface area contributed by atoms with Gasteiger partial charge in [0, 0.05) is 17.7 Å². The molecule has 150 valence electrons. The highest BCUT2D eigenvalue weighted by molar-refractivity contribution is 5.93. The third kappa shape index (κ3) is 4.07. The van der Waals surface area contributed by atoms with Crippen LogP contribution in [0.4, 0.5) is 0 Å². The molecule has 1 aliphatic rings.